The molecule has 1 aliphatic heterocycles. The molecule has 1 aliphatic rings. The first-order chi connectivity index (χ1) is 18.8. The summed E-state index contributed by atoms with van der Waals surface area (Å²) in [6, 6.07) is 5.76. The van der Waals surface area contributed by atoms with Crippen molar-refractivity contribution in [3.05, 3.63) is 47.6 Å². The molecule has 0 bridgehead atoms. The van der Waals surface area contributed by atoms with Gasteiger partial charge in [-0.2, -0.15) is 0 Å². The minimum atomic E-state index is -2.05. The molecule has 0 N–H and O–H groups in total. The maximum atomic E-state index is 6.85. The van der Waals surface area contributed by atoms with Gasteiger partial charge in [0.05, 0.1) is 33.0 Å². The summed E-state index contributed by atoms with van der Waals surface area (Å²) < 4.78 is 42.6. The third-order valence-corrected chi connectivity index (χ3v) is 12.6. The summed E-state index contributed by atoms with van der Waals surface area (Å²) >= 11 is 0. The van der Waals surface area contributed by atoms with Crippen LogP contribution >= 0.6 is 0 Å². The highest BCUT2D eigenvalue weighted by atomic mass is 28.4. The highest BCUT2D eigenvalue weighted by Crippen LogP contribution is 2.41. The molecule has 0 amide bonds. The van der Waals surface area contributed by atoms with Crippen molar-refractivity contribution in [2.75, 3.05) is 41.3 Å². The van der Waals surface area contributed by atoms with Gasteiger partial charge in [-0.3, -0.25) is 0 Å². The molecule has 0 saturated carbocycles. The van der Waals surface area contributed by atoms with Gasteiger partial charge >= 0.3 is 0 Å². The number of hydrogen-bond acceptors (Lipinski definition) is 7. The Balaban J connectivity index is 2.51. The minimum Gasteiger partial charge on any atom is -0.493 e. The van der Waals surface area contributed by atoms with E-state index in [0.29, 0.717) is 24.7 Å². The largest absolute Gasteiger partial charge is 0.493 e. The highest BCUT2D eigenvalue weighted by Gasteiger charge is 2.44. The maximum Gasteiger partial charge on any atom is 0.191 e. The molecule has 1 aromatic rings. The van der Waals surface area contributed by atoms with Crippen LogP contribution in [0.3, 0.4) is 0 Å². The Bertz CT molecular complexity index is 969. The second-order valence-electron chi connectivity index (χ2n) is 12.4. The van der Waals surface area contributed by atoms with Gasteiger partial charge in [0.2, 0.25) is 0 Å². The van der Waals surface area contributed by atoms with Gasteiger partial charge in [-0.1, -0.05) is 58.9 Å². The fourth-order valence-electron chi connectivity index (χ4n) is 4.83. The van der Waals surface area contributed by atoms with E-state index in [1.54, 1.807) is 21.3 Å². The quantitative estimate of drug-likeness (QED) is 0.128. The van der Waals surface area contributed by atoms with Gasteiger partial charge < -0.3 is 32.8 Å². The van der Waals surface area contributed by atoms with Gasteiger partial charge in [-0.15, -0.1) is 0 Å². The van der Waals surface area contributed by atoms with Crippen LogP contribution in [0.25, 0.3) is 0 Å². The topological polar surface area (TPSA) is 64.6 Å². The summed E-state index contributed by atoms with van der Waals surface area (Å²) in [6.45, 7) is 21.1. The molecular weight excluding hydrogens is 524 g/mol. The first-order valence-corrected chi connectivity index (χ1v) is 17.2. The van der Waals surface area contributed by atoms with E-state index < -0.39 is 14.6 Å². The summed E-state index contributed by atoms with van der Waals surface area (Å²) in [6.07, 6.45) is 5.53. The van der Waals surface area contributed by atoms with Crippen LogP contribution < -0.4 is 9.47 Å². The molecule has 0 spiro atoms. The number of allylic oxidation sites excluding steroid dienone is 3. The van der Waals surface area contributed by atoms with Crippen LogP contribution in [-0.2, 0) is 23.4 Å². The molecule has 1 aromatic carbocycles. The van der Waals surface area contributed by atoms with Gasteiger partial charge in [0.1, 0.15) is 6.79 Å². The predicted molar refractivity (Wildman–Crippen MR) is 163 cm³/mol. The highest BCUT2D eigenvalue weighted by molar-refractivity contribution is 6.74. The maximum absolute atomic E-state index is 6.85. The number of ether oxygens (including phenoxy) is 6. The molecule has 6 atom stereocenters. The fourth-order valence-corrected chi connectivity index (χ4v) is 5.87. The third kappa shape index (κ3) is 9.16. The van der Waals surface area contributed by atoms with Gasteiger partial charge in [0.15, 0.2) is 26.1 Å². The van der Waals surface area contributed by atoms with Crippen LogP contribution in [-0.4, -0.2) is 61.9 Å². The molecule has 0 aliphatic carbocycles. The minimum absolute atomic E-state index is 0.0794. The monoisotopic (exact) mass is 578 g/mol. The molecule has 7 nitrogen and oxygen atoms in total. The average molecular weight is 579 g/mol. The molecule has 0 radical (unpaired) electrons. The zero-order chi connectivity index (χ0) is 30.1. The van der Waals surface area contributed by atoms with E-state index in [-0.39, 0.29) is 41.8 Å². The van der Waals surface area contributed by atoms with Crippen LogP contribution in [0.1, 0.15) is 60.3 Å². The average Bonchev–Trinajstić information content (AvgIpc) is 2.90. The Labute approximate surface area is 244 Å². The van der Waals surface area contributed by atoms with Crippen molar-refractivity contribution < 1.29 is 32.8 Å². The van der Waals surface area contributed by atoms with Crippen molar-refractivity contribution in [2.24, 2.45) is 17.8 Å². The van der Waals surface area contributed by atoms with E-state index in [1.165, 1.54) is 0 Å². The zero-order valence-electron chi connectivity index (χ0n) is 26.9. The van der Waals surface area contributed by atoms with Crippen LogP contribution in [0.5, 0.6) is 11.5 Å². The van der Waals surface area contributed by atoms with Gasteiger partial charge in [0.25, 0.3) is 0 Å². The summed E-state index contributed by atoms with van der Waals surface area (Å²) in [7, 11) is 2.86. The smallest absolute Gasteiger partial charge is 0.191 e. The fraction of sp³-hybridized carbons (Fsp3) is 0.688. The molecule has 0 aromatic heterocycles. The normalized spacial score (nSPS) is 23.2. The Morgan fingerprint density at radius 2 is 1.80 bits per heavy atom. The van der Waals surface area contributed by atoms with Gasteiger partial charge in [0, 0.05) is 31.1 Å². The third-order valence-electron chi connectivity index (χ3n) is 8.12. The summed E-state index contributed by atoms with van der Waals surface area (Å²) in [4.78, 5) is 0. The Morgan fingerprint density at radius 3 is 2.38 bits per heavy atom. The molecule has 1 heterocycles. The number of hydrogen-bond donors (Lipinski definition) is 0. The molecule has 0 unspecified atom stereocenters. The first-order valence-electron chi connectivity index (χ1n) is 14.3. The Morgan fingerprint density at radius 1 is 1.12 bits per heavy atom. The second kappa shape index (κ2) is 15.5. The SMILES string of the molecule is C/C=C/[C@H](C)/C=C(\C)[C@@H](OCOC)[C@@H](CO[Si](C)(C)C(C)(C)C)[C@H]1O[C@@H](c2ccc(OC)c(OC)c2)OC[C@H]1C. The lowest BCUT2D eigenvalue weighted by molar-refractivity contribution is -0.262. The zero-order valence-corrected chi connectivity index (χ0v) is 27.9. The lowest BCUT2D eigenvalue weighted by Crippen LogP contribution is -2.50. The van der Waals surface area contributed by atoms with Crippen LogP contribution in [0, 0.1) is 17.8 Å². The molecule has 8 heteroatoms. The van der Waals surface area contributed by atoms with Crippen LogP contribution in [0.4, 0.5) is 0 Å². The molecular formula is C32H54O7Si. The molecule has 2 rings (SSSR count). The van der Waals surface area contributed by atoms with E-state index in [9.17, 15) is 0 Å². The van der Waals surface area contributed by atoms with Crippen molar-refractivity contribution in [1.82, 2.24) is 0 Å². The lowest BCUT2D eigenvalue weighted by atomic mass is 9.84. The van der Waals surface area contributed by atoms with Gasteiger partial charge in [-0.25, -0.2) is 0 Å². The molecule has 40 heavy (non-hydrogen) atoms. The second-order valence-corrected chi connectivity index (χ2v) is 17.2. The van der Waals surface area contributed by atoms with E-state index >= 15 is 0 Å². The Kier molecular flexibility index (Phi) is 13.4. The lowest BCUT2D eigenvalue weighted by Gasteiger charge is -2.44. The number of benzene rings is 1. The van der Waals surface area contributed by atoms with Crippen LogP contribution in [0.15, 0.2) is 42.0 Å². The standard InChI is InChI=1S/C32H54O7Si/c1-13-14-22(2)17-23(3)29(37-21-33-8)26(20-38-40(11,12)32(5,6)7)30-24(4)19-36-31(39-30)25-15-16-27(34-9)28(18-25)35-10/h13-18,22,24,26,29-31H,19-21H2,1-12H3/b14-13+,23-17+/t22-,24+,26+,29+,30-,31-/m0/s1. The van der Waals surface area contributed by atoms with Gasteiger partial charge in [-0.05, 0) is 55.6 Å². The van der Waals surface area contributed by atoms with E-state index in [2.05, 4.69) is 72.9 Å². The molecule has 228 valence electrons. The first kappa shape index (κ1) is 34.5. The summed E-state index contributed by atoms with van der Waals surface area (Å²) in [5, 5.41) is 0.0794. The summed E-state index contributed by atoms with van der Waals surface area (Å²) in [5.74, 6) is 1.61. The van der Waals surface area contributed by atoms with E-state index in [4.69, 9.17) is 32.8 Å². The van der Waals surface area contributed by atoms with Crippen molar-refractivity contribution in [1.29, 1.82) is 0 Å². The van der Waals surface area contributed by atoms with Crippen LogP contribution in [0.2, 0.25) is 18.1 Å². The Hall–Kier alpha value is -1.68. The molecule has 1 fully saturated rings. The summed E-state index contributed by atoms with van der Waals surface area (Å²) in [5.41, 5.74) is 2.01. The number of rotatable bonds is 14. The van der Waals surface area contributed by atoms with Crippen molar-refractivity contribution in [3.63, 3.8) is 0 Å². The van der Waals surface area contributed by atoms with Crippen molar-refractivity contribution in [3.8, 4) is 11.5 Å². The molecule has 1 saturated heterocycles. The predicted octanol–water partition coefficient (Wildman–Crippen LogP) is 7.54. The van der Waals surface area contributed by atoms with Crippen molar-refractivity contribution >= 4 is 8.32 Å². The van der Waals surface area contributed by atoms with E-state index in [1.807, 2.05) is 25.1 Å². The van der Waals surface area contributed by atoms with E-state index in [0.717, 1.165) is 11.1 Å². The van der Waals surface area contributed by atoms with Crippen molar-refractivity contribution in [2.45, 2.75) is 85.1 Å². The number of methoxy groups -OCH3 is 3.